The lowest BCUT2D eigenvalue weighted by molar-refractivity contribution is -0.206. The van der Waals surface area contributed by atoms with Crippen LogP contribution in [-0.4, -0.2) is 159 Å². The molecule has 5 aliphatic carbocycles. The number of aliphatic hydroxyl groups excluding tert-OH is 9. The van der Waals surface area contributed by atoms with E-state index in [1.54, 1.807) is 6.26 Å². The number of unbranched alkanes of at least 4 members (excludes halogenated alkanes) is 1. The van der Waals surface area contributed by atoms with Crippen LogP contribution in [0.3, 0.4) is 0 Å². The molecular formula is C48H79NO19S3. The van der Waals surface area contributed by atoms with Gasteiger partial charge in [-0.15, -0.1) is 0 Å². The fraction of sp³-hybridized carbons (Fsp3) is 0.854. The van der Waals surface area contributed by atoms with Crippen LogP contribution in [0, 0.1) is 56.7 Å². The van der Waals surface area contributed by atoms with Crippen molar-refractivity contribution in [2.45, 2.75) is 174 Å². The molecule has 0 radical (unpaired) electrons. The summed E-state index contributed by atoms with van der Waals surface area (Å²) in [5, 5.41) is 98.5. The summed E-state index contributed by atoms with van der Waals surface area (Å²) in [5.41, 5.74) is 0.287. The number of nitrogens with zero attached hydrogens (tertiary/aromatic N) is 1. The highest BCUT2D eigenvalue weighted by atomic mass is 32.3. The van der Waals surface area contributed by atoms with E-state index >= 15 is 0 Å². The molecule has 11 N–H and O–H groups in total. The third kappa shape index (κ3) is 11.7. The normalized spacial score (nSPS) is 41.7. The topological polar surface area (TPSA) is 348 Å². The molecule has 408 valence electrons. The third-order valence-electron chi connectivity index (χ3n) is 18.3. The minimum atomic E-state index is -4.83. The van der Waals surface area contributed by atoms with E-state index in [1.165, 1.54) is 18.4 Å². The van der Waals surface area contributed by atoms with E-state index in [-0.39, 0.29) is 45.1 Å². The van der Waals surface area contributed by atoms with Crippen LogP contribution >= 0.6 is 11.8 Å². The summed E-state index contributed by atoms with van der Waals surface area (Å²) in [6, 6.07) is 0. The Morgan fingerprint density at radius 3 is 2.17 bits per heavy atom. The molecule has 2 aliphatic heterocycles. The van der Waals surface area contributed by atoms with E-state index in [0.29, 0.717) is 42.3 Å². The van der Waals surface area contributed by atoms with Gasteiger partial charge in [0.2, 0.25) is 5.76 Å². The highest BCUT2D eigenvalue weighted by Gasteiger charge is 2.69. The van der Waals surface area contributed by atoms with Crippen molar-refractivity contribution < 1.29 is 91.6 Å². The van der Waals surface area contributed by atoms with E-state index in [9.17, 15) is 47.7 Å². The molecular weight excluding hydrogens is 991 g/mol. The Morgan fingerprint density at radius 2 is 1.61 bits per heavy atom. The maximum Gasteiger partial charge on any atom is 0.466 e. The van der Waals surface area contributed by atoms with Crippen LogP contribution in [0.25, 0.3) is 0 Å². The Balaban J connectivity index is 0.000000219. The summed E-state index contributed by atoms with van der Waals surface area (Å²) in [4.78, 5) is 23.3. The van der Waals surface area contributed by atoms with Crippen LogP contribution in [0.15, 0.2) is 28.3 Å². The fourth-order valence-electron chi connectivity index (χ4n) is 13.8. The number of carboxylic acids is 1. The quantitative estimate of drug-likeness (QED) is 0.0251. The molecule has 7 aliphatic rings. The predicted molar refractivity (Wildman–Crippen MR) is 262 cm³/mol. The van der Waals surface area contributed by atoms with Crippen LogP contribution < -0.4 is 0 Å². The molecule has 1 unspecified atom stereocenters. The molecule has 7 rings (SSSR count). The van der Waals surface area contributed by atoms with Gasteiger partial charge in [0.05, 0.1) is 24.7 Å². The Labute approximate surface area is 423 Å². The summed E-state index contributed by atoms with van der Waals surface area (Å²) >= 11 is 0.717. The fourth-order valence-corrected chi connectivity index (χ4v) is 15.7. The number of carbonyl (C=O) groups excluding carboxylic acids is 1. The Bertz CT molecular complexity index is 2150. The number of allylic oxidation sites excluding steroid dienone is 2. The van der Waals surface area contributed by atoms with E-state index in [1.807, 2.05) is 0 Å². The van der Waals surface area contributed by atoms with Crippen molar-refractivity contribution in [1.29, 1.82) is 0 Å². The second-order valence-electron chi connectivity index (χ2n) is 22.3. The van der Waals surface area contributed by atoms with Gasteiger partial charge < -0.3 is 60.5 Å². The standard InChI is InChI=1S/C30H48O3.C12H23NO10S3.C6H8O6/c1-18-10-15-30(25(32)33)17-16-28(6)20(24(30)19(18)2)8-9-22-27(5)13-12-23(31)26(3,4)21(27)11-14-29(22,28)7;1-25(18)5-3-2-4-8(13-23-26(19,20)21)24-12-11(17)10(16)9(15)7(6-14)22-12;7-1-2(8)5-3(9)4(10)6(11)12-5/h8,18-19,21-24,31H,9-17H2,1-7H3,(H,32,33);7,9-12,14-17H,2-6H2,1H3,(H,19,20,21);2,5,7-10H,1H2/b;13-8+;/t18-,19+,21+,22-,23+,24+,27+,28-,29-,30+;7-,9-,10+,11-,12+,25?;2-,5+/m110/s1. The van der Waals surface area contributed by atoms with Crippen LogP contribution in [-0.2, 0) is 44.5 Å². The van der Waals surface area contributed by atoms with E-state index in [2.05, 4.69) is 68.7 Å². The molecule has 0 aromatic heterocycles. The molecule has 4 saturated carbocycles. The van der Waals surface area contributed by atoms with Crippen molar-refractivity contribution >= 4 is 49.9 Å². The Morgan fingerprint density at radius 1 is 0.944 bits per heavy atom. The monoisotopic (exact) mass is 1070 g/mol. The number of hydrogen-bond donors (Lipinski definition) is 11. The minimum Gasteiger partial charge on any atom is -0.505 e. The molecule has 71 heavy (non-hydrogen) atoms. The van der Waals surface area contributed by atoms with Crippen molar-refractivity contribution in [2.75, 3.05) is 25.2 Å². The van der Waals surface area contributed by atoms with Crippen LogP contribution in [0.4, 0.5) is 0 Å². The zero-order valence-corrected chi connectivity index (χ0v) is 44.5. The summed E-state index contributed by atoms with van der Waals surface area (Å²) in [6.07, 6.45) is 5.78. The first-order chi connectivity index (χ1) is 32.9. The maximum absolute atomic E-state index is 12.8. The number of carboxylic acid groups (broad SMARTS) is 1. The largest absolute Gasteiger partial charge is 0.505 e. The van der Waals surface area contributed by atoms with Gasteiger partial charge in [-0.05, 0) is 128 Å². The van der Waals surface area contributed by atoms with E-state index in [0.717, 1.165) is 56.7 Å². The van der Waals surface area contributed by atoms with Crippen molar-refractivity contribution in [3.05, 3.63) is 23.2 Å². The van der Waals surface area contributed by atoms with Gasteiger partial charge in [0.15, 0.2) is 11.9 Å². The molecule has 18 atom stereocenters. The van der Waals surface area contributed by atoms with Gasteiger partial charge in [0, 0.05) is 22.8 Å². The van der Waals surface area contributed by atoms with Gasteiger partial charge in [-0.3, -0.25) is 13.6 Å². The number of thioether (sulfide) groups is 1. The van der Waals surface area contributed by atoms with Gasteiger partial charge in [-0.1, -0.05) is 77.0 Å². The van der Waals surface area contributed by atoms with Gasteiger partial charge in [0.25, 0.3) is 0 Å². The average molecular weight is 1070 g/mol. The summed E-state index contributed by atoms with van der Waals surface area (Å²) in [6.45, 7) is 15.7. The summed E-state index contributed by atoms with van der Waals surface area (Å²) in [5.74, 6) is -0.526. The van der Waals surface area contributed by atoms with Crippen molar-refractivity contribution in [3.8, 4) is 0 Å². The number of fused-ring (bicyclic) bond motifs is 7. The lowest BCUT2D eigenvalue weighted by atomic mass is 9.33. The zero-order chi connectivity index (χ0) is 53.4. The first-order valence-electron chi connectivity index (χ1n) is 24.6. The second-order valence-corrected chi connectivity index (χ2v) is 26.1. The smallest absolute Gasteiger partial charge is 0.466 e. The van der Waals surface area contributed by atoms with Gasteiger partial charge in [-0.25, -0.2) is 9.08 Å². The second kappa shape index (κ2) is 22.8. The van der Waals surface area contributed by atoms with Crippen LogP contribution in [0.1, 0.15) is 126 Å². The molecule has 2 heterocycles. The summed E-state index contributed by atoms with van der Waals surface area (Å²) in [7, 11) is -5.83. The number of aliphatic carboxylic acids is 1. The van der Waals surface area contributed by atoms with Crippen LogP contribution in [0.5, 0.6) is 0 Å². The molecule has 0 aromatic rings. The number of esters is 1. The van der Waals surface area contributed by atoms with Gasteiger partial charge >= 0.3 is 22.3 Å². The molecule has 5 fully saturated rings. The number of aliphatic hydroxyl groups is 9. The number of oxime groups is 1. The third-order valence-corrected chi connectivity index (χ3v) is 20.6. The first kappa shape index (κ1) is 59.5. The van der Waals surface area contributed by atoms with Crippen LogP contribution in [0.2, 0.25) is 0 Å². The summed E-state index contributed by atoms with van der Waals surface area (Å²) < 4.78 is 54.7. The maximum atomic E-state index is 12.8. The van der Waals surface area contributed by atoms with Crippen molar-refractivity contribution in [1.82, 2.24) is 0 Å². The highest BCUT2D eigenvalue weighted by molar-refractivity contribution is 8.14. The minimum absolute atomic E-state index is 0.0221. The van der Waals surface area contributed by atoms with Gasteiger partial charge in [0.1, 0.15) is 41.0 Å². The molecule has 1 saturated heterocycles. The SMILES string of the molecule is CS(=O)CCCC/C(=N\OS(=O)(=O)O)S[C@@H]1O[C@H](CO)[C@@H](O)[C@H](O)[C@H]1O.C[C@H]1[C@H](C)CC[C@]2(C(=O)O)CC[C@]3(C)C(=CC[C@@H]4[C@@]5(C)CC[C@H](O)C(C)(C)[C@@H]5CC[C@]43C)[C@H]12.O=C1O[C@H]([C@@H](O)CO)C(O)=C1O. The number of carbonyl (C=O) groups is 2. The van der Waals surface area contributed by atoms with E-state index < -0.39 is 105 Å². The van der Waals surface area contributed by atoms with E-state index in [4.69, 9.17) is 34.8 Å². The predicted octanol–water partition coefficient (Wildman–Crippen LogP) is 3.88. The molecule has 0 aromatic carbocycles. The lowest BCUT2D eigenvalue weighted by Gasteiger charge is -2.71. The number of ether oxygens (including phenoxy) is 2. The first-order valence-corrected chi connectivity index (χ1v) is 28.6. The number of cyclic esters (lactones) is 1. The Hall–Kier alpha value is -2.42. The molecule has 0 spiro atoms. The van der Waals surface area contributed by atoms with Gasteiger partial charge in [-0.2, -0.15) is 8.42 Å². The molecule has 23 heteroatoms. The Kier molecular flexibility index (Phi) is 19.1. The molecule has 0 bridgehead atoms. The molecule has 20 nitrogen and oxygen atoms in total. The highest BCUT2D eigenvalue weighted by Crippen LogP contribution is 2.75. The molecule has 0 amide bonds. The number of hydrogen-bond acceptors (Lipinski definition) is 19. The van der Waals surface area contributed by atoms with Crippen molar-refractivity contribution in [3.63, 3.8) is 0 Å². The zero-order valence-electron chi connectivity index (χ0n) is 42.0. The average Bonchev–Trinajstić information content (AvgIpc) is 3.56. The van der Waals surface area contributed by atoms with Crippen molar-refractivity contribution in [2.24, 2.45) is 61.8 Å². The lowest BCUT2D eigenvalue weighted by Crippen LogP contribution is -2.65. The number of rotatable bonds is 12.